The molecule has 0 aliphatic heterocycles. The van der Waals surface area contributed by atoms with Crippen molar-refractivity contribution in [2.24, 2.45) is 0 Å². The number of halogens is 3. The van der Waals surface area contributed by atoms with Crippen LogP contribution in [0.15, 0.2) is 48.5 Å². The summed E-state index contributed by atoms with van der Waals surface area (Å²) in [5.41, 5.74) is 0.298. The Morgan fingerprint density at radius 1 is 1.04 bits per heavy atom. The second-order valence-electron chi connectivity index (χ2n) is 4.99. The molecule has 0 aromatic heterocycles. The molecule has 0 bridgehead atoms. The average molecular weight is 337 g/mol. The Labute approximate surface area is 135 Å². The van der Waals surface area contributed by atoms with E-state index in [1.54, 1.807) is 0 Å². The van der Waals surface area contributed by atoms with E-state index in [1.807, 2.05) is 0 Å². The molecule has 126 valence electrons. The number of rotatable bonds is 4. The highest BCUT2D eigenvalue weighted by Crippen LogP contribution is 2.29. The van der Waals surface area contributed by atoms with Crippen molar-refractivity contribution in [1.29, 1.82) is 0 Å². The zero-order valence-electron chi connectivity index (χ0n) is 12.3. The number of aromatic hydroxyl groups is 2. The quantitative estimate of drug-likeness (QED) is 0.591. The van der Waals surface area contributed by atoms with Crippen molar-refractivity contribution in [1.82, 2.24) is 5.32 Å². The van der Waals surface area contributed by atoms with E-state index in [0.29, 0.717) is 11.1 Å². The first kappa shape index (κ1) is 17.4. The third kappa shape index (κ3) is 4.77. The van der Waals surface area contributed by atoms with Gasteiger partial charge in [0.1, 0.15) is 0 Å². The highest BCUT2D eigenvalue weighted by atomic mass is 19.4. The van der Waals surface area contributed by atoms with Gasteiger partial charge >= 0.3 is 6.18 Å². The van der Waals surface area contributed by atoms with Crippen molar-refractivity contribution in [3.8, 4) is 11.5 Å². The number of hydrogen-bond acceptors (Lipinski definition) is 3. The molecule has 0 heterocycles. The highest BCUT2D eigenvalue weighted by molar-refractivity contribution is 5.91. The molecule has 0 saturated heterocycles. The minimum Gasteiger partial charge on any atom is -0.504 e. The van der Waals surface area contributed by atoms with E-state index in [9.17, 15) is 28.2 Å². The molecule has 0 radical (unpaired) electrons. The van der Waals surface area contributed by atoms with E-state index in [-0.39, 0.29) is 18.0 Å². The van der Waals surface area contributed by atoms with Crippen molar-refractivity contribution < 1.29 is 28.2 Å². The van der Waals surface area contributed by atoms with Gasteiger partial charge in [-0.3, -0.25) is 4.79 Å². The topological polar surface area (TPSA) is 69.6 Å². The number of carbonyl (C=O) groups excluding carboxylic acids is 1. The average Bonchev–Trinajstić information content (AvgIpc) is 2.53. The minimum atomic E-state index is -4.39. The van der Waals surface area contributed by atoms with Gasteiger partial charge in [-0.2, -0.15) is 13.2 Å². The number of benzene rings is 2. The summed E-state index contributed by atoms with van der Waals surface area (Å²) in [5, 5.41) is 21.0. The zero-order valence-corrected chi connectivity index (χ0v) is 12.3. The Hall–Kier alpha value is -2.96. The Morgan fingerprint density at radius 3 is 2.29 bits per heavy atom. The Bertz CT molecular complexity index is 753. The molecule has 3 N–H and O–H groups in total. The van der Waals surface area contributed by atoms with Crippen molar-refractivity contribution in [3.63, 3.8) is 0 Å². The summed E-state index contributed by atoms with van der Waals surface area (Å²) in [6.45, 7) is 0.0855. The fourth-order valence-corrected chi connectivity index (χ4v) is 1.88. The maximum Gasteiger partial charge on any atom is 0.416 e. The van der Waals surface area contributed by atoms with Crippen LogP contribution >= 0.6 is 0 Å². The first-order chi connectivity index (χ1) is 11.3. The minimum absolute atomic E-state index is 0.0855. The van der Waals surface area contributed by atoms with E-state index >= 15 is 0 Å². The van der Waals surface area contributed by atoms with Gasteiger partial charge in [0.25, 0.3) is 0 Å². The maximum absolute atomic E-state index is 12.4. The third-order valence-corrected chi connectivity index (χ3v) is 3.17. The molecule has 24 heavy (non-hydrogen) atoms. The lowest BCUT2D eigenvalue weighted by Gasteiger charge is -2.08. The molecule has 0 aliphatic carbocycles. The van der Waals surface area contributed by atoms with Crippen LogP contribution in [0.3, 0.4) is 0 Å². The van der Waals surface area contributed by atoms with Crippen LogP contribution in [-0.4, -0.2) is 16.1 Å². The number of carbonyl (C=O) groups is 1. The lowest BCUT2D eigenvalue weighted by Crippen LogP contribution is -2.20. The van der Waals surface area contributed by atoms with Crippen LogP contribution < -0.4 is 5.32 Å². The lowest BCUT2D eigenvalue weighted by molar-refractivity contribution is -0.137. The Kier molecular flexibility index (Phi) is 5.13. The summed E-state index contributed by atoms with van der Waals surface area (Å²) >= 11 is 0. The van der Waals surface area contributed by atoms with Gasteiger partial charge in [0, 0.05) is 12.6 Å². The first-order valence-corrected chi connectivity index (χ1v) is 6.90. The number of phenols is 2. The van der Waals surface area contributed by atoms with Gasteiger partial charge in [0.2, 0.25) is 5.91 Å². The van der Waals surface area contributed by atoms with E-state index in [4.69, 9.17) is 0 Å². The molecular formula is C17H14F3NO3. The van der Waals surface area contributed by atoms with Gasteiger partial charge in [-0.05, 0) is 41.5 Å². The number of amides is 1. The van der Waals surface area contributed by atoms with Crippen molar-refractivity contribution in [2.75, 3.05) is 0 Å². The van der Waals surface area contributed by atoms with E-state index in [1.165, 1.54) is 42.5 Å². The van der Waals surface area contributed by atoms with E-state index < -0.39 is 17.6 Å². The molecule has 7 heteroatoms. The van der Waals surface area contributed by atoms with Gasteiger partial charge in [-0.25, -0.2) is 0 Å². The molecule has 2 rings (SSSR count). The van der Waals surface area contributed by atoms with Crippen LogP contribution in [0.2, 0.25) is 0 Å². The zero-order chi connectivity index (χ0) is 17.7. The maximum atomic E-state index is 12.4. The molecule has 4 nitrogen and oxygen atoms in total. The number of alkyl halides is 3. The summed E-state index contributed by atoms with van der Waals surface area (Å²) in [6, 6.07) is 8.58. The molecule has 2 aromatic carbocycles. The van der Waals surface area contributed by atoms with Crippen LogP contribution in [0.4, 0.5) is 13.2 Å². The SMILES string of the molecule is O=C(/C=C/c1ccc(O)c(O)c1)NCc1ccc(C(F)(F)F)cc1. The largest absolute Gasteiger partial charge is 0.504 e. The molecule has 0 aliphatic rings. The lowest BCUT2D eigenvalue weighted by atomic mass is 10.1. The van der Waals surface area contributed by atoms with Gasteiger partial charge in [0.15, 0.2) is 11.5 Å². The summed E-state index contributed by atoms with van der Waals surface area (Å²) in [6.07, 6.45) is -1.74. The second kappa shape index (κ2) is 7.08. The van der Waals surface area contributed by atoms with Gasteiger partial charge < -0.3 is 15.5 Å². The van der Waals surface area contributed by atoms with E-state index in [0.717, 1.165) is 12.1 Å². The second-order valence-corrected chi connectivity index (χ2v) is 4.99. The van der Waals surface area contributed by atoms with Crippen molar-refractivity contribution in [3.05, 3.63) is 65.2 Å². The Morgan fingerprint density at radius 2 is 1.71 bits per heavy atom. The number of phenolic OH excluding ortho intramolecular Hbond substituents is 2. The van der Waals surface area contributed by atoms with E-state index in [2.05, 4.69) is 5.32 Å². The summed E-state index contributed by atoms with van der Waals surface area (Å²) in [5.74, 6) is -1.01. The summed E-state index contributed by atoms with van der Waals surface area (Å²) in [4.78, 5) is 11.7. The normalized spacial score (nSPS) is 11.6. The van der Waals surface area contributed by atoms with Gasteiger partial charge in [0.05, 0.1) is 5.56 Å². The van der Waals surface area contributed by atoms with Crippen LogP contribution in [0.1, 0.15) is 16.7 Å². The number of nitrogens with one attached hydrogen (secondary N) is 1. The predicted molar refractivity (Wildman–Crippen MR) is 82.1 cm³/mol. The first-order valence-electron chi connectivity index (χ1n) is 6.90. The predicted octanol–water partition coefficient (Wildman–Crippen LogP) is 3.45. The van der Waals surface area contributed by atoms with Gasteiger partial charge in [-0.1, -0.05) is 18.2 Å². The van der Waals surface area contributed by atoms with Crippen LogP contribution in [0.25, 0.3) is 6.08 Å². The molecule has 2 aromatic rings. The molecule has 0 fully saturated rings. The fourth-order valence-electron chi connectivity index (χ4n) is 1.88. The van der Waals surface area contributed by atoms with Gasteiger partial charge in [-0.15, -0.1) is 0 Å². The molecule has 0 saturated carbocycles. The molecule has 1 amide bonds. The monoisotopic (exact) mass is 337 g/mol. The number of hydrogen-bond donors (Lipinski definition) is 3. The molecule has 0 spiro atoms. The Balaban J connectivity index is 1.91. The molecular weight excluding hydrogens is 323 g/mol. The highest BCUT2D eigenvalue weighted by Gasteiger charge is 2.29. The van der Waals surface area contributed by atoms with Crippen LogP contribution in [0, 0.1) is 0 Å². The molecule has 0 atom stereocenters. The molecule has 0 unspecified atom stereocenters. The third-order valence-electron chi connectivity index (χ3n) is 3.17. The van der Waals surface area contributed by atoms with Crippen LogP contribution in [0.5, 0.6) is 11.5 Å². The smallest absolute Gasteiger partial charge is 0.416 e. The standard InChI is InChI=1S/C17H14F3NO3/c18-17(19,20)13-5-1-12(2-6-13)10-21-16(24)8-4-11-3-7-14(22)15(23)9-11/h1-9,22-23H,10H2,(H,21,24)/b8-4+. The van der Waals surface area contributed by atoms with Crippen molar-refractivity contribution >= 4 is 12.0 Å². The fraction of sp³-hybridized carbons (Fsp3) is 0.118. The summed E-state index contributed by atoms with van der Waals surface area (Å²) < 4.78 is 37.3. The van der Waals surface area contributed by atoms with Crippen molar-refractivity contribution in [2.45, 2.75) is 12.7 Å². The summed E-state index contributed by atoms with van der Waals surface area (Å²) in [7, 11) is 0. The van der Waals surface area contributed by atoms with Crippen LogP contribution in [-0.2, 0) is 17.5 Å².